The van der Waals surface area contributed by atoms with Gasteiger partial charge in [0.05, 0.1) is 11.7 Å². The SMILES string of the molecule is O=C(NCC(O)c1ccc(Cl)cc1)C1=Cc2cc(Cl)ccc2OC1. The first-order chi connectivity index (χ1) is 11.5. The number of aliphatic hydroxyl groups is 1. The Morgan fingerprint density at radius 3 is 2.62 bits per heavy atom. The van der Waals surface area contributed by atoms with Crippen LogP contribution in [0, 0.1) is 0 Å². The first-order valence-electron chi connectivity index (χ1n) is 7.37. The summed E-state index contributed by atoms with van der Waals surface area (Å²) in [7, 11) is 0. The molecule has 4 nitrogen and oxygen atoms in total. The predicted octanol–water partition coefficient (Wildman–Crippen LogP) is 3.62. The monoisotopic (exact) mass is 363 g/mol. The molecule has 0 aliphatic carbocycles. The molecule has 0 fully saturated rings. The van der Waals surface area contributed by atoms with Crippen molar-refractivity contribution in [2.24, 2.45) is 0 Å². The Bertz CT molecular complexity index is 787. The fourth-order valence-electron chi connectivity index (χ4n) is 2.39. The van der Waals surface area contributed by atoms with Crippen molar-refractivity contribution in [2.75, 3.05) is 13.2 Å². The molecule has 1 atom stereocenters. The van der Waals surface area contributed by atoms with Crippen molar-refractivity contribution >= 4 is 35.2 Å². The molecular weight excluding hydrogens is 349 g/mol. The van der Waals surface area contributed by atoms with E-state index in [1.807, 2.05) is 0 Å². The van der Waals surface area contributed by atoms with Crippen LogP contribution in [0.5, 0.6) is 5.75 Å². The molecular formula is C18H15Cl2NO3. The molecule has 1 heterocycles. The van der Waals surface area contributed by atoms with Crippen molar-refractivity contribution in [3.8, 4) is 5.75 Å². The van der Waals surface area contributed by atoms with E-state index >= 15 is 0 Å². The summed E-state index contributed by atoms with van der Waals surface area (Å²) in [6.45, 7) is 0.276. The Kier molecular flexibility index (Phi) is 5.09. The van der Waals surface area contributed by atoms with Gasteiger partial charge >= 0.3 is 0 Å². The van der Waals surface area contributed by atoms with Crippen molar-refractivity contribution < 1.29 is 14.6 Å². The summed E-state index contributed by atoms with van der Waals surface area (Å²) in [5.74, 6) is 0.408. The molecule has 124 valence electrons. The Morgan fingerprint density at radius 1 is 1.17 bits per heavy atom. The van der Waals surface area contributed by atoms with Crippen LogP contribution < -0.4 is 10.1 Å². The van der Waals surface area contributed by atoms with Gasteiger partial charge < -0.3 is 15.2 Å². The molecule has 0 aromatic heterocycles. The normalized spacial score (nSPS) is 14.2. The molecule has 2 aromatic rings. The van der Waals surface area contributed by atoms with Crippen LogP contribution in [0.1, 0.15) is 17.2 Å². The highest BCUT2D eigenvalue weighted by atomic mass is 35.5. The second-order valence-electron chi connectivity index (χ2n) is 5.42. The quantitative estimate of drug-likeness (QED) is 0.871. The number of carbonyl (C=O) groups excluding carboxylic acids is 1. The van der Waals surface area contributed by atoms with Gasteiger partial charge in [0.15, 0.2) is 0 Å². The average molecular weight is 364 g/mol. The van der Waals surface area contributed by atoms with E-state index in [1.165, 1.54) is 0 Å². The Hall–Kier alpha value is -2.01. The van der Waals surface area contributed by atoms with Crippen LogP contribution >= 0.6 is 23.2 Å². The third-order valence-corrected chi connectivity index (χ3v) is 4.17. The maximum absolute atomic E-state index is 12.3. The highest BCUT2D eigenvalue weighted by Gasteiger charge is 2.18. The Morgan fingerprint density at radius 2 is 1.88 bits per heavy atom. The van der Waals surface area contributed by atoms with E-state index in [9.17, 15) is 9.90 Å². The fraction of sp³-hybridized carbons (Fsp3) is 0.167. The van der Waals surface area contributed by atoms with Gasteiger partial charge in [0.1, 0.15) is 12.4 Å². The Balaban J connectivity index is 1.64. The molecule has 2 N–H and O–H groups in total. The van der Waals surface area contributed by atoms with Gasteiger partial charge in [-0.3, -0.25) is 4.79 Å². The van der Waals surface area contributed by atoms with Gasteiger partial charge in [-0.15, -0.1) is 0 Å². The van der Waals surface area contributed by atoms with Crippen LogP contribution in [-0.2, 0) is 4.79 Å². The van der Waals surface area contributed by atoms with E-state index in [0.717, 1.165) is 5.56 Å². The third-order valence-electron chi connectivity index (χ3n) is 3.69. The van der Waals surface area contributed by atoms with Crippen molar-refractivity contribution in [3.05, 3.63) is 69.2 Å². The highest BCUT2D eigenvalue weighted by Crippen LogP contribution is 2.29. The fourth-order valence-corrected chi connectivity index (χ4v) is 2.69. The summed E-state index contributed by atoms with van der Waals surface area (Å²) in [6, 6.07) is 12.1. The number of rotatable bonds is 4. The number of amides is 1. The Labute approximate surface area is 149 Å². The van der Waals surface area contributed by atoms with Crippen LogP contribution in [0.2, 0.25) is 10.0 Å². The van der Waals surface area contributed by atoms with E-state index in [-0.39, 0.29) is 19.1 Å². The van der Waals surface area contributed by atoms with E-state index in [4.69, 9.17) is 27.9 Å². The van der Waals surface area contributed by atoms with Crippen molar-refractivity contribution in [1.82, 2.24) is 5.32 Å². The molecule has 0 saturated heterocycles. The lowest BCUT2D eigenvalue weighted by Gasteiger charge is -2.19. The maximum atomic E-state index is 12.3. The smallest absolute Gasteiger partial charge is 0.250 e. The lowest BCUT2D eigenvalue weighted by Crippen LogP contribution is -2.32. The van der Waals surface area contributed by atoms with Crippen LogP contribution in [0.4, 0.5) is 0 Å². The summed E-state index contributed by atoms with van der Waals surface area (Å²) >= 11 is 11.8. The molecule has 1 amide bonds. The van der Waals surface area contributed by atoms with E-state index < -0.39 is 6.10 Å². The summed E-state index contributed by atoms with van der Waals surface area (Å²) < 4.78 is 5.55. The van der Waals surface area contributed by atoms with Crippen LogP contribution in [-0.4, -0.2) is 24.2 Å². The highest BCUT2D eigenvalue weighted by molar-refractivity contribution is 6.31. The summed E-state index contributed by atoms with van der Waals surface area (Å²) in [5.41, 5.74) is 1.93. The van der Waals surface area contributed by atoms with Crippen LogP contribution in [0.3, 0.4) is 0 Å². The predicted molar refractivity (Wildman–Crippen MR) is 94.3 cm³/mol. The number of nitrogens with one attached hydrogen (secondary N) is 1. The molecule has 0 spiro atoms. The third kappa shape index (κ3) is 3.90. The lowest BCUT2D eigenvalue weighted by molar-refractivity contribution is -0.118. The minimum atomic E-state index is -0.807. The minimum absolute atomic E-state index is 0.0974. The first kappa shape index (κ1) is 16.8. The van der Waals surface area contributed by atoms with Gasteiger partial charge in [-0.2, -0.15) is 0 Å². The van der Waals surface area contributed by atoms with E-state index in [1.54, 1.807) is 48.5 Å². The molecule has 1 aliphatic rings. The van der Waals surface area contributed by atoms with Gasteiger partial charge in [0.2, 0.25) is 0 Å². The lowest BCUT2D eigenvalue weighted by atomic mass is 10.1. The van der Waals surface area contributed by atoms with Gasteiger partial charge in [-0.1, -0.05) is 35.3 Å². The van der Waals surface area contributed by atoms with E-state index in [2.05, 4.69) is 5.32 Å². The van der Waals surface area contributed by atoms with Crippen molar-refractivity contribution in [2.45, 2.75) is 6.10 Å². The first-order valence-corrected chi connectivity index (χ1v) is 8.13. The summed E-state index contributed by atoms with van der Waals surface area (Å²) in [5, 5.41) is 14.0. The number of hydrogen-bond donors (Lipinski definition) is 2. The molecule has 1 aliphatic heterocycles. The van der Waals surface area contributed by atoms with Gasteiger partial charge in [0, 0.05) is 22.2 Å². The van der Waals surface area contributed by atoms with E-state index in [0.29, 0.717) is 26.9 Å². The minimum Gasteiger partial charge on any atom is -0.488 e. The molecule has 0 saturated carbocycles. The second kappa shape index (κ2) is 7.26. The number of aliphatic hydroxyl groups excluding tert-OH is 1. The topological polar surface area (TPSA) is 58.6 Å². The zero-order valence-electron chi connectivity index (χ0n) is 12.6. The zero-order chi connectivity index (χ0) is 17.1. The maximum Gasteiger partial charge on any atom is 0.250 e. The number of hydrogen-bond acceptors (Lipinski definition) is 3. The van der Waals surface area contributed by atoms with Crippen LogP contribution in [0.25, 0.3) is 6.08 Å². The van der Waals surface area contributed by atoms with Crippen molar-refractivity contribution in [1.29, 1.82) is 0 Å². The van der Waals surface area contributed by atoms with Gasteiger partial charge in [-0.25, -0.2) is 0 Å². The molecule has 0 bridgehead atoms. The average Bonchev–Trinajstić information content (AvgIpc) is 2.59. The number of benzene rings is 2. The molecule has 1 unspecified atom stereocenters. The number of carbonyl (C=O) groups is 1. The standard InChI is InChI=1S/C18H15Cl2NO3/c19-14-3-1-11(2-4-14)16(22)9-21-18(23)13-7-12-8-15(20)5-6-17(12)24-10-13/h1-8,16,22H,9-10H2,(H,21,23). The van der Waals surface area contributed by atoms with Crippen molar-refractivity contribution in [3.63, 3.8) is 0 Å². The number of fused-ring (bicyclic) bond motifs is 1. The zero-order valence-corrected chi connectivity index (χ0v) is 14.1. The number of ether oxygens (including phenoxy) is 1. The molecule has 24 heavy (non-hydrogen) atoms. The second-order valence-corrected chi connectivity index (χ2v) is 6.29. The van der Waals surface area contributed by atoms with Gasteiger partial charge in [-0.05, 0) is 42.0 Å². The number of halogens is 2. The summed E-state index contributed by atoms with van der Waals surface area (Å²) in [6.07, 6.45) is 0.937. The van der Waals surface area contributed by atoms with Gasteiger partial charge in [0.25, 0.3) is 5.91 Å². The van der Waals surface area contributed by atoms with Crippen LogP contribution in [0.15, 0.2) is 48.0 Å². The molecule has 2 aromatic carbocycles. The largest absolute Gasteiger partial charge is 0.488 e. The molecule has 6 heteroatoms. The molecule has 0 radical (unpaired) electrons. The summed E-state index contributed by atoms with van der Waals surface area (Å²) in [4.78, 5) is 12.3. The molecule has 3 rings (SSSR count).